The average molecular weight is 353 g/mol. The summed E-state index contributed by atoms with van der Waals surface area (Å²) in [6.07, 6.45) is 5.96. The molecule has 1 amide bonds. The Morgan fingerprint density at radius 1 is 1.23 bits per heavy atom. The summed E-state index contributed by atoms with van der Waals surface area (Å²) < 4.78 is 5.52. The number of hydrogen-bond acceptors (Lipinski definition) is 4. The van der Waals surface area contributed by atoms with Crippen LogP contribution in [0.5, 0.6) is 5.75 Å². The lowest BCUT2D eigenvalue weighted by atomic mass is 9.96. The highest BCUT2D eigenvalue weighted by molar-refractivity contribution is 5.77. The standard InChI is InChI=1S/C21H27N3O2/c1-17-4-6-20(7-5-17)26-16-21(25)23-14-18-8-11-24(12-9-18)15-19-3-2-10-22-13-19/h2-7,10,13,18H,8-9,11-12,14-16H2,1H3,(H,23,25). The number of hydrogen-bond donors (Lipinski definition) is 1. The molecule has 2 aromatic rings. The first-order chi connectivity index (χ1) is 12.7. The smallest absolute Gasteiger partial charge is 0.257 e. The number of ether oxygens (including phenoxy) is 1. The molecule has 1 aromatic heterocycles. The molecule has 0 unspecified atom stereocenters. The Hall–Kier alpha value is -2.40. The molecule has 138 valence electrons. The lowest BCUT2D eigenvalue weighted by Gasteiger charge is -2.31. The van der Waals surface area contributed by atoms with E-state index in [0.717, 1.165) is 44.8 Å². The molecule has 1 N–H and O–H groups in total. The van der Waals surface area contributed by atoms with Crippen LogP contribution in [-0.2, 0) is 11.3 Å². The molecule has 0 spiro atoms. The van der Waals surface area contributed by atoms with Gasteiger partial charge in [0.05, 0.1) is 0 Å². The van der Waals surface area contributed by atoms with E-state index in [1.54, 1.807) is 6.20 Å². The van der Waals surface area contributed by atoms with E-state index in [0.29, 0.717) is 5.92 Å². The van der Waals surface area contributed by atoms with E-state index in [1.165, 1.54) is 11.1 Å². The minimum absolute atomic E-state index is 0.0524. The molecule has 2 heterocycles. The summed E-state index contributed by atoms with van der Waals surface area (Å²) in [5.74, 6) is 1.22. The van der Waals surface area contributed by atoms with Gasteiger partial charge in [-0.1, -0.05) is 23.8 Å². The Morgan fingerprint density at radius 3 is 2.69 bits per heavy atom. The van der Waals surface area contributed by atoms with E-state index < -0.39 is 0 Å². The largest absolute Gasteiger partial charge is 0.484 e. The number of aryl methyl sites for hydroxylation is 1. The van der Waals surface area contributed by atoms with Crippen LogP contribution in [0.25, 0.3) is 0 Å². The number of likely N-dealkylation sites (tertiary alicyclic amines) is 1. The predicted octanol–water partition coefficient (Wildman–Crippen LogP) is 2.80. The summed E-state index contributed by atoms with van der Waals surface area (Å²) in [7, 11) is 0. The SMILES string of the molecule is Cc1ccc(OCC(=O)NCC2CCN(Cc3cccnc3)CC2)cc1. The summed E-state index contributed by atoms with van der Waals surface area (Å²) in [6.45, 7) is 5.92. The van der Waals surface area contributed by atoms with Gasteiger partial charge in [-0.3, -0.25) is 14.7 Å². The van der Waals surface area contributed by atoms with Gasteiger partial charge >= 0.3 is 0 Å². The van der Waals surface area contributed by atoms with Crippen molar-refractivity contribution in [2.45, 2.75) is 26.3 Å². The van der Waals surface area contributed by atoms with E-state index in [9.17, 15) is 4.79 Å². The van der Waals surface area contributed by atoms with Gasteiger partial charge in [0.1, 0.15) is 5.75 Å². The lowest BCUT2D eigenvalue weighted by molar-refractivity contribution is -0.123. The number of pyridine rings is 1. The van der Waals surface area contributed by atoms with E-state index in [2.05, 4.69) is 21.3 Å². The summed E-state index contributed by atoms with van der Waals surface area (Å²) in [6, 6.07) is 11.8. The maximum Gasteiger partial charge on any atom is 0.257 e. The molecule has 1 aliphatic rings. The van der Waals surface area contributed by atoms with Crippen molar-refractivity contribution in [2.75, 3.05) is 26.2 Å². The average Bonchev–Trinajstić information content (AvgIpc) is 2.68. The van der Waals surface area contributed by atoms with Crippen molar-refractivity contribution >= 4 is 5.91 Å². The van der Waals surface area contributed by atoms with Crippen LogP contribution in [0.3, 0.4) is 0 Å². The second kappa shape index (κ2) is 9.34. The highest BCUT2D eigenvalue weighted by atomic mass is 16.5. The first-order valence-electron chi connectivity index (χ1n) is 9.26. The zero-order valence-corrected chi connectivity index (χ0v) is 15.4. The number of carbonyl (C=O) groups excluding carboxylic acids is 1. The summed E-state index contributed by atoms with van der Waals surface area (Å²) in [5, 5.41) is 3.01. The van der Waals surface area contributed by atoms with Crippen LogP contribution in [0, 0.1) is 12.8 Å². The third kappa shape index (κ3) is 5.85. The zero-order valence-electron chi connectivity index (χ0n) is 15.4. The molecular formula is C21H27N3O2. The third-order valence-corrected chi connectivity index (χ3v) is 4.81. The highest BCUT2D eigenvalue weighted by Crippen LogP contribution is 2.18. The fourth-order valence-electron chi connectivity index (χ4n) is 3.19. The van der Waals surface area contributed by atoms with Crippen molar-refractivity contribution in [3.63, 3.8) is 0 Å². The Balaban J connectivity index is 1.32. The number of nitrogens with zero attached hydrogens (tertiary/aromatic N) is 2. The Bertz CT molecular complexity index is 680. The van der Waals surface area contributed by atoms with Crippen molar-refractivity contribution in [2.24, 2.45) is 5.92 Å². The van der Waals surface area contributed by atoms with E-state index >= 15 is 0 Å². The van der Waals surface area contributed by atoms with Crippen molar-refractivity contribution in [1.29, 1.82) is 0 Å². The number of amides is 1. The molecule has 0 bridgehead atoms. The first kappa shape index (κ1) is 18.4. The van der Waals surface area contributed by atoms with Gasteiger partial charge in [-0.05, 0) is 62.5 Å². The van der Waals surface area contributed by atoms with Gasteiger partial charge in [0.25, 0.3) is 5.91 Å². The molecule has 26 heavy (non-hydrogen) atoms. The fourth-order valence-corrected chi connectivity index (χ4v) is 3.19. The van der Waals surface area contributed by atoms with Crippen molar-refractivity contribution in [1.82, 2.24) is 15.2 Å². The van der Waals surface area contributed by atoms with Crippen LogP contribution in [-0.4, -0.2) is 42.0 Å². The quantitative estimate of drug-likeness (QED) is 0.832. The number of piperidine rings is 1. The molecule has 1 aliphatic heterocycles. The van der Waals surface area contributed by atoms with Gasteiger partial charge in [0.2, 0.25) is 0 Å². The maximum atomic E-state index is 12.0. The normalized spacial score (nSPS) is 15.6. The van der Waals surface area contributed by atoms with Crippen LogP contribution < -0.4 is 10.1 Å². The molecule has 0 aliphatic carbocycles. The molecule has 0 saturated carbocycles. The molecule has 1 fully saturated rings. The van der Waals surface area contributed by atoms with Crippen LogP contribution in [0.1, 0.15) is 24.0 Å². The molecule has 1 aromatic carbocycles. The fraction of sp³-hybridized carbons (Fsp3) is 0.429. The molecule has 3 rings (SSSR count). The summed E-state index contributed by atoms with van der Waals surface area (Å²) in [4.78, 5) is 18.6. The Morgan fingerprint density at radius 2 is 2.00 bits per heavy atom. The minimum atomic E-state index is -0.0524. The van der Waals surface area contributed by atoms with E-state index in [-0.39, 0.29) is 12.5 Å². The van der Waals surface area contributed by atoms with Crippen molar-refractivity contribution in [3.8, 4) is 5.75 Å². The number of carbonyl (C=O) groups is 1. The summed E-state index contributed by atoms with van der Waals surface area (Å²) >= 11 is 0. The van der Waals surface area contributed by atoms with Crippen LogP contribution in [0.15, 0.2) is 48.8 Å². The number of benzene rings is 1. The van der Waals surface area contributed by atoms with Crippen molar-refractivity contribution in [3.05, 3.63) is 59.9 Å². The van der Waals surface area contributed by atoms with Gasteiger partial charge in [0.15, 0.2) is 6.61 Å². The monoisotopic (exact) mass is 353 g/mol. The van der Waals surface area contributed by atoms with Crippen LogP contribution in [0.4, 0.5) is 0 Å². The van der Waals surface area contributed by atoms with Gasteiger partial charge in [-0.25, -0.2) is 0 Å². The number of nitrogens with one attached hydrogen (secondary N) is 1. The third-order valence-electron chi connectivity index (χ3n) is 4.81. The van der Waals surface area contributed by atoms with Gasteiger partial charge in [-0.2, -0.15) is 0 Å². The lowest BCUT2D eigenvalue weighted by Crippen LogP contribution is -2.39. The second-order valence-corrected chi connectivity index (χ2v) is 6.99. The zero-order chi connectivity index (χ0) is 18.2. The van der Waals surface area contributed by atoms with Crippen LogP contribution in [0.2, 0.25) is 0 Å². The molecule has 0 atom stereocenters. The Kier molecular flexibility index (Phi) is 6.61. The molecule has 5 heteroatoms. The maximum absolute atomic E-state index is 12.0. The second-order valence-electron chi connectivity index (χ2n) is 6.99. The van der Waals surface area contributed by atoms with E-state index in [4.69, 9.17) is 4.74 Å². The van der Waals surface area contributed by atoms with Gasteiger partial charge in [0, 0.05) is 25.5 Å². The Labute approximate surface area is 155 Å². The van der Waals surface area contributed by atoms with Crippen LogP contribution >= 0.6 is 0 Å². The number of rotatable bonds is 7. The number of aromatic nitrogens is 1. The molecule has 5 nitrogen and oxygen atoms in total. The minimum Gasteiger partial charge on any atom is -0.484 e. The predicted molar refractivity (Wildman–Crippen MR) is 102 cm³/mol. The topological polar surface area (TPSA) is 54.5 Å². The molecular weight excluding hydrogens is 326 g/mol. The van der Waals surface area contributed by atoms with Gasteiger partial charge in [-0.15, -0.1) is 0 Å². The van der Waals surface area contributed by atoms with Gasteiger partial charge < -0.3 is 10.1 Å². The van der Waals surface area contributed by atoms with Crippen molar-refractivity contribution < 1.29 is 9.53 Å². The molecule has 1 saturated heterocycles. The first-order valence-corrected chi connectivity index (χ1v) is 9.26. The molecule has 0 radical (unpaired) electrons. The van der Waals surface area contributed by atoms with E-state index in [1.807, 2.05) is 43.5 Å². The summed E-state index contributed by atoms with van der Waals surface area (Å²) in [5.41, 5.74) is 2.43. The highest BCUT2D eigenvalue weighted by Gasteiger charge is 2.19.